The lowest BCUT2D eigenvalue weighted by molar-refractivity contribution is 0.494. The third-order valence-electron chi connectivity index (χ3n) is 3.33. The standard InChI is InChI=1S/C13H17BrFNO2S/c1-2-10(7-9-3-4-9)16-19(17,18)11-5-6-12(14)13(15)8-11/h5-6,8-10,16H,2-4,7H2,1H3. The first-order chi connectivity index (χ1) is 8.92. The Balaban J connectivity index is 2.13. The molecule has 1 atom stereocenters. The van der Waals surface area contributed by atoms with Crippen LogP contribution in [-0.4, -0.2) is 14.5 Å². The highest BCUT2D eigenvalue weighted by Gasteiger charge is 2.27. The minimum atomic E-state index is -3.64. The molecule has 0 saturated heterocycles. The van der Waals surface area contributed by atoms with E-state index in [0.717, 1.165) is 18.9 Å². The molecule has 6 heteroatoms. The minimum Gasteiger partial charge on any atom is -0.208 e. The fourth-order valence-electron chi connectivity index (χ4n) is 1.99. The fraction of sp³-hybridized carbons (Fsp3) is 0.538. The average Bonchev–Trinajstić information content (AvgIpc) is 3.15. The molecule has 0 heterocycles. The summed E-state index contributed by atoms with van der Waals surface area (Å²) in [5.74, 6) is 0.0763. The molecule has 0 aromatic heterocycles. The van der Waals surface area contributed by atoms with Gasteiger partial charge in [-0.15, -0.1) is 0 Å². The van der Waals surface area contributed by atoms with E-state index in [0.29, 0.717) is 5.92 Å². The predicted octanol–water partition coefficient (Wildman–Crippen LogP) is 3.45. The van der Waals surface area contributed by atoms with Crippen molar-refractivity contribution in [2.75, 3.05) is 0 Å². The number of hydrogen-bond acceptors (Lipinski definition) is 2. The highest BCUT2D eigenvalue weighted by Crippen LogP contribution is 2.34. The molecule has 0 radical (unpaired) electrons. The number of nitrogens with one attached hydrogen (secondary N) is 1. The predicted molar refractivity (Wildman–Crippen MR) is 75.8 cm³/mol. The quantitative estimate of drug-likeness (QED) is 0.854. The maximum Gasteiger partial charge on any atom is 0.240 e. The van der Waals surface area contributed by atoms with Gasteiger partial charge in [0, 0.05) is 6.04 Å². The molecular formula is C13H17BrFNO2S. The molecule has 0 aliphatic heterocycles. The van der Waals surface area contributed by atoms with Crippen LogP contribution in [0.2, 0.25) is 0 Å². The summed E-state index contributed by atoms with van der Waals surface area (Å²) in [5.41, 5.74) is 0. The molecular weight excluding hydrogens is 333 g/mol. The smallest absolute Gasteiger partial charge is 0.208 e. The first-order valence-corrected chi connectivity index (χ1v) is 8.67. The van der Waals surface area contributed by atoms with Gasteiger partial charge in [0.25, 0.3) is 0 Å². The molecule has 19 heavy (non-hydrogen) atoms. The van der Waals surface area contributed by atoms with Crippen molar-refractivity contribution < 1.29 is 12.8 Å². The maximum absolute atomic E-state index is 13.4. The van der Waals surface area contributed by atoms with Crippen molar-refractivity contribution in [3.05, 3.63) is 28.5 Å². The monoisotopic (exact) mass is 349 g/mol. The number of benzene rings is 1. The van der Waals surface area contributed by atoms with Crippen LogP contribution >= 0.6 is 15.9 Å². The van der Waals surface area contributed by atoms with Crippen molar-refractivity contribution in [2.45, 2.75) is 43.5 Å². The molecule has 1 N–H and O–H groups in total. The van der Waals surface area contributed by atoms with Gasteiger partial charge < -0.3 is 0 Å². The molecule has 1 aliphatic rings. The van der Waals surface area contributed by atoms with E-state index in [1.807, 2.05) is 6.92 Å². The van der Waals surface area contributed by atoms with E-state index in [4.69, 9.17) is 0 Å². The normalized spacial score (nSPS) is 17.4. The summed E-state index contributed by atoms with van der Waals surface area (Å²) in [4.78, 5) is -0.0255. The van der Waals surface area contributed by atoms with Crippen molar-refractivity contribution in [3.8, 4) is 0 Å². The van der Waals surface area contributed by atoms with Crippen molar-refractivity contribution in [1.82, 2.24) is 4.72 Å². The Morgan fingerprint density at radius 3 is 2.68 bits per heavy atom. The Hall–Kier alpha value is -0.460. The summed E-state index contributed by atoms with van der Waals surface area (Å²) in [6, 6.07) is 3.78. The van der Waals surface area contributed by atoms with E-state index in [9.17, 15) is 12.8 Å². The molecule has 1 saturated carbocycles. The number of halogens is 2. The Bertz CT molecular complexity index is 558. The molecule has 106 valence electrons. The van der Waals surface area contributed by atoms with E-state index >= 15 is 0 Å². The molecule has 0 bridgehead atoms. The van der Waals surface area contributed by atoms with Gasteiger partial charge in [-0.1, -0.05) is 19.8 Å². The summed E-state index contributed by atoms with van der Waals surface area (Å²) >= 11 is 3.01. The second kappa shape index (κ2) is 5.89. The van der Waals surface area contributed by atoms with Crippen LogP contribution in [0.5, 0.6) is 0 Å². The van der Waals surface area contributed by atoms with Crippen LogP contribution in [-0.2, 0) is 10.0 Å². The van der Waals surface area contributed by atoms with Crippen molar-refractivity contribution >= 4 is 26.0 Å². The first-order valence-electron chi connectivity index (χ1n) is 6.39. The highest BCUT2D eigenvalue weighted by atomic mass is 79.9. The van der Waals surface area contributed by atoms with Crippen LogP contribution in [0.4, 0.5) is 4.39 Å². The molecule has 1 aromatic carbocycles. The molecule has 2 rings (SSSR count). The first kappa shape index (κ1) is 14.9. The number of hydrogen-bond donors (Lipinski definition) is 1. The Labute approximate surface area is 121 Å². The fourth-order valence-corrected chi connectivity index (χ4v) is 3.58. The summed E-state index contributed by atoms with van der Waals surface area (Å²) in [7, 11) is -3.64. The lowest BCUT2D eigenvalue weighted by Crippen LogP contribution is -2.34. The lowest BCUT2D eigenvalue weighted by Gasteiger charge is -2.16. The van der Waals surface area contributed by atoms with Gasteiger partial charge in [-0.3, -0.25) is 0 Å². The lowest BCUT2D eigenvalue weighted by atomic mass is 10.1. The third kappa shape index (κ3) is 4.00. The third-order valence-corrected chi connectivity index (χ3v) is 5.49. The van der Waals surface area contributed by atoms with Crippen LogP contribution in [0, 0.1) is 11.7 Å². The second-order valence-electron chi connectivity index (χ2n) is 4.98. The van der Waals surface area contributed by atoms with Crippen LogP contribution in [0.3, 0.4) is 0 Å². The van der Waals surface area contributed by atoms with Crippen LogP contribution in [0.25, 0.3) is 0 Å². The summed E-state index contributed by atoms with van der Waals surface area (Å²) in [6.45, 7) is 1.96. The molecule has 1 aliphatic carbocycles. The van der Waals surface area contributed by atoms with Gasteiger partial charge in [0.15, 0.2) is 0 Å². The van der Waals surface area contributed by atoms with Gasteiger partial charge >= 0.3 is 0 Å². The molecule has 1 unspecified atom stereocenters. The van der Waals surface area contributed by atoms with Gasteiger partial charge in [0.05, 0.1) is 9.37 Å². The molecule has 1 fully saturated rings. The summed E-state index contributed by atoms with van der Waals surface area (Å²) < 4.78 is 40.7. The Kier molecular flexibility index (Phi) is 4.63. The zero-order valence-electron chi connectivity index (χ0n) is 10.7. The van der Waals surface area contributed by atoms with Gasteiger partial charge in [-0.05, 0) is 52.9 Å². The van der Waals surface area contributed by atoms with Gasteiger partial charge in [-0.2, -0.15) is 0 Å². The minimum absolute atomic E-state index is 0.0255. The van der Waals surface area contributed by atoms with E-state index in [2.05, 4.69) is 20.7 Å². The van der Waals surface area contributed by atoms with Gasteiger partial charge in [0.2, 0.25) is 10.0 Å². The van der Waals surface area contributed by atoms with Gasteiger partial charge in [0.1, 0.15) is 5.82 Å². The topological polar surface area (TPSA) is 46.2 Å². The van der Waals surface area contributed by atoms with Crippen molar-refractivity contribution in [1.29, 1.82) is 0 Å². The second-order valence-corrected chi connectivity index (χ2v) is 7.55. The Morgan fingerprint density at radius 2 is 2.16 bits per heavy atom. The largest absolute Gasteiger partial charge is 0.240 e. The number of rotatable bonds is 6. The number of sulfonamides is 1. The summed E-state index contributed by atoms with van der Waals surface area (Å²) in [5, 5.41) is 0. The zero-order valence-corrected chi connectivity index (χ0v) is 13.1. The van der Waals surface area contributed by atoms with Crippen LogP contribution < -0.4 is 4.72 Å². The van der Waals surface area contributed by atoms with Crippen LogP contribution in [0.1, 0.15) is 32.6 Å². The summed E-state index contributed by atoms with van der Waals surface area (Å²) in [6.07, 6.45) is 3.99. The molecule has 3 nitrogen and oxygen atoms in total. The van der Waals surface area contributed by atoms with E-state index < -0.39 is 15.8 Å². The SMILES string of the molecule is CCC(CC1CC1)NS(=O)(=O)c1ccc(Br)c(F)c1. The van der Waals surface area contributed by atoms with E-state index in [-0.39, 0.29) is 15.4 Å². The average molecular weight is 350 g/mol. The van der Waals surface area contributed by atoms with Gasteiger partial charge in [-0.25, -0.2) is 17.5 Å². The van der Waals surface area contributed by atoms with Crippen LogP contribution in [0.15, 0.2) is 27.6 Å². The van der Waals surface area contributed by atoms with Crippen molar-refractivity contribution in [3.63, 3.8) is 0 Å². The van der Waals surface area contributed by atoms with Crippen molar-refractivity contribution in [2.24, 2.45) is 5.92 Å². The maximum atomic E-state index is 13.4. The molecule has 0 spiro atoms. The van der Waals surface area contributed by atoms with E-state index in [1.54, 1.807) is 0 Å². The highest BCUT2D eigenvalue weighted by molar-refractivity contribution is 9.10. The molecule has 0 amide bonds. The van der Waals surface area contributed by atoms with E-state index in [1.165, 1.54) is 25.0 Å². The molecule has 1 aromatic rings. The zero-order chi connectivity index (χ0) is 14.0. The Morgan fingerprint density at radius 1 is 1.47 bits per heavy atom.